The van der Waals surface area contributed by atoms with Gasteiger partial charge in [-0.2, -0.15) is 0 Å². The fraction of sp³-hybridized carbons (Fsp3) is 0.647. The lowest BCUT2D eigenvalue weighted by Crippen LogP contribution is -2.57. The molecule has 0 aromatic heterocycles. The number of aromatic hydroxyl groups is 1. The molecule has 2 nitrogen and oxygen atoms in total. The Balaban J connectivity index is 2.11. The minimum Gasteiger partial charge on any atom is -0.508 e. The quantitative estimate of drug-likeness (QED) is 0.880. The van der Waals surface area contributed by atoms with Crippen LogP contribution in [0.2, 0.25) is 0 Å². The molecule has 2 heteroatoms. The van der Waals surface area contributed by atoms with Gasteiger partial charge in [0.15, 0.2) is 0 Å². The van der Waals surface area contributed by atoms with Crippen molar-refractivity contribution in [1.82, 2.24) is 4.90 Å². The van der Waals surface area contributed by atoms with Crippen LogP contribution >= 0.6 is 0 Å². The summed E-state index contributed by atoms with van der Waals surface area (Å²) < 4.78 is 0. The molecule has 0 spiro atoms. The Labute approximate surface area is 116 Å². The van der Waals surface area contributed by atoms with Crippen molar-refractivity contribution in [2.24, 2.45) is 5.92 Å². The molecule has 3 rings (SSSR count). The third-order valence-electron chi connectivity index (χ3n) is 5.57. The highest BCUT2D eigenvalue weighted by molar-refractivity contribution is 5.44. The van der Waals surface area contributed by atoms with Crippen LogP contribution in [0, 0.1) is 5.92 Å². The van der Waals surface area contributed by atoms with Crippen LogP contribution < -0.4 is 0 Å². The zero-order valence-corrected chi connectivity index (χ0v) is 12.3. The van der Waals surface area contributed by atoms with E-state index in [1.54, 1.807) is 0 Å². The topological polar surface area (TPSA) is 23.5 Å². The fourth-order valence-corrected chi connectivity index (χ4v) is 4.45. The van der Waals surface area contributed by atoms with Crippen LogP contribution in [-0.4, -0.2) is 29.6 Å². The number of phenolic OH excluding ortho intramolecular Hbond substituents is 1. The number of hydrogen-bond acceptors (Lipinski definition) is 2. The molecule has 1 fully saturated rings. The first-order chi connectivity index (χ1) is 9.06. The number of hydrogen-bond donors (Lipinski definition) is 1. The van der Waals surface area contributed by atoms with Crippen LogP contribution in [0.5, 0.6) is 5.75 Å². The average molecular weight is 259 g/mol. The molecule has 0 unspecified atom stereocenters. The summed E-state index contributed by atoms with van der Waals surface area (Å²) in [4.78, 5) is 2.55. The lowest BCUT2D eigenvalue weighted by atomic mass is 9.57. The highest BCUT2D eigenvalue weighted by Gasteiger charge is 2.49. The number of likely N-dealkylation sites (N-methyl/N-ethyl adjacent to an activating group) is 1. The molecule has 19 heavy (non-hydrogen) atoms. The number of rotatable bonds is 2. The highest BCUT2D eigenvalue weighted by Crippen LogP contribution is 2.50. The first-order valence-electron chi connectivity index (χ1n) is 7.59. The lowest BCUT2D eigenvalue weighted by molar-refractivity contribution is 0.0344. The van der Waals surface area contributed by atoms with Crippen molar-refractivity contribution in [3.05, 3.63) is 29.3 Å². The average Bonchev–Trinajstić information content (AvgIpc) is 2.39. The van der Waals surface area contributed by atoms with Crippen molar-refractivity contribution in [3.8, 4) is 5.75 Å². The number of phenols is 1. The van der Waals surface area contributed by atoms with Gasteiger partial charge in [0.1, 0.15) is 5.75 Å². The van der Waals surface area contributed by atoms with Crippen LogP contribution in [0.3, 0.4) is 0 Å². The monoisotopic (exact) mass is 259 g/mol. The molecule has 0 radical (unpaired) electrons. The molecule has 1 N–H and O–H groups in total. The highest BCUT2D eigenvalue weighted by atomic mass is 16.3. The number of piperidine rings is 1. The number of likely N-dealkylation sites (tertiary alicyclic amines) is 1. The van der Waals surface area contributed by atoms with Crippen LogP contribution in [0.4, 0.5) is 0 Å². The first kappa shape index (κ1) is 13.0. The van der Waals surface area contributed by atoms with E-state index >= 15 is 0 Å². The van der Waals surface area contributed by atoms with Crippen LogP contribution in [0.25, 0.3) is 0 Å². The molecular weight excluding hydrogens is 234 g/mol. The third-order valence-corrected chi connectivity index (χ3v) is 5.57. The van der Waals surface area contributed by atoms with E-state index in [1.165, 1.54) is 36.9 Å². The second-order valence-electron chi connectivity index (χ2n) is 6.66. The predicted molar refractivity (Wildman–Crippen MR) is 78.6 cm³/mol. The predicted octanol–water partition coefficient (Wildman–Crippen LogP) is 3.33. The first-order valence-corrected chi connectivity index (χ1v) is 7.59. The summed E-state index contributed by atoms with van der Waals surface area (Å²) in [7, 11) is 2.28. The Hall–Kier alpha value is -1.02. The Morgan fingerprint density at radius 2 is 2.21 bits per heavy atom. The van der Waals surface area contributed by atoms with Crippen molar-refractivity contribution < 1.29 is 5.11 Å². The Kier molecular flexibility index (Phi) is 3.09. The van der Waals surface area contributed by atoms with E-state index in [1.807, 2.05) is 12.1 Å². The number of nitrogens with zero attached hydrogens (tertiary/aromatic N) is 1. The largest absolute Gasteiger partial charge is 0.508 e. The standard InChI is InChI=1S/C17H25NO/c1-4-5-14-16-10-12-6-7-13(19)11-15(12)17(14,2)8-9-18(16)3/h6-7,11,14,16,19H,4-5,8-10H2,1-3H3/t14-,16+,17+/m1/s1. The van der Waals surface area contributed by atoms with Crippen molar-refractivity contribution in [1.29, 1.82) is 0 Å². The molecule has 1 aromatic rings. The summed E-state index contributed by atoms with van der Waals surface area (Å²) in [5, 5.41) is 9.86. The summed E-state index contributed by atoms with van der Waals surface area (Å²) in [5.74, 6) is 1.15. The molecule has 2 bridgehead atoms. The Morgan fingerprint density at radius 1 is 1.42 bits per heavy atom. The molecule has 2 aliphatic rings. The van der Waals surface area contributed by atoms with Gasteiger partial charge in [0, 0.05) is 6.04 Å². The van der Waals surface area contributed by atoms with Crippen LogP contribution in [0.1, 0.15) is 44.2 Å². The van der Waals surface area contributed by atoms with E-state index in [4.69, 9.17) is 0 Å². The molecule has 1 saturated heterocycles. The van der Waals surface area contributed by atoms with E-state index in [0.29, 0.717) is 11.8 Å². The summed E-state index contributed by atoms with van der Waals surface area (Å²) in [6.07, 6.45) is 4.90. The van der Waals surface area contributed by atoms with Gasteiger partial charge in [-0.3, -0.25) is 0 Å². The van der Waals surface area contributed by atoms with Crippen molar-refractivity contribution in [2.45, 2.75) is 51.0 Å². The molecule has 1 aromatic carbocycles. The maximum atomic E-state index is 9.86. The Bertz CT molecular complexity index is 484. The van der Waals surface area contributed by atoms with E-state index in [2.05, 4.69) is 31.9 Å². The summed E-state index contributed by atoms with van der Waals surface area (Å²) in [6.45, 7) is 5.89. The third kappa shape index (κ3) is 1.88. The fourth-order valence-electron chi connectivity index (χ4n) is 4.45. The van der Waals surface area contributed by atoms with Gasteiger partial charge in [-0.1, -0.05) is 26.3 Å². The van der Waals surface area contributed by atoms with Crippen LogP contribution in [-0.2, 0) is 11.8 Å². The van der Waals surface area contributed by atoms with E-state index in [9.17, 15) is 5.11 Å². The van der Waals surface area contributed by atoms with Gasteiger partial charge in [0.25, 0.3) is 0 Å². The second-order valence-corrected chi connectivity index (χ2v) is 6.66. The zero-order valence-electron chi connectivity index (χ0n) is 12.3. The van der Waals surface area contributed by atoms with E-state index in [-0.39, 0.29) is 5.41 Å². The van der Waals surface area contributed by atoms with Gasteiger partial charge in [-0.25, -0.2) is 0 Å². The van der Waals surface area contributed by atoms with Gasteiger partial charge in [0.05, 0.1) is 0 Å². The second kappa shape index (κ2) is 4.52. The van der Waals surface area contributed by atoms with Crippen molar-refractivity contribution in [2.75, 3.05) is 13.6 Å². The van der Waals surface area contributed by atoms with Gasteiger partial charge < -0.3 is 10.0 Å². The maximum Gasteiger partial charge on any atom is 0.115 e. The van der Waals surface area contributed by atoms with Crippen molar-refractivity contribution >= 4 is 0 Å². The van der Waals surface area contributed by atoms with Crippen molar-refractivity contribution in [3.63, 3.8) is 0 Å². The van der Waals surface area contributed by atoms with Gasteiger partial charge in [-0.15, -0.1) is 0 Å². The SMILES string of the molecule is CCC[C@@H]1[C@@H]2Cc3ccc(O)cc3[C@@]1(C)CCN2C. The number of fused-ring (bicyclic) bond motifs is 4. The smallest absolute Gasteiger partial charge is 0.115 e. The molecule has 3 atom stereocenters. The molecule has 104 valence electrons. The molecule has 1 aliphatic heterocycles. The molecule has 1 aliphatic carbocycles. The van der Waals surface area contributed by atoms with Gasteiger partial charge >= 0.3 is 0 Å². The van der Waals surface area contributed by atoms with Gasteiger partial charge in [0.2, 0.25) is 0 Å². The minimum atomic E-state index is 0.250. The summed E-state index contributed by atoms with van der Waals surface area (Å²) >= 11 is 0. The molecule has 1 heterocycles. The molecule has 0 amide bonds. The maximum absolute atomic E-state index is 9.86. The summed E-state index contributed by atoms with van der Waals surface area (Å²) in [5.41, 5.74) is 3.11. The lowest BCUT2D eigenvalue weighted by Gasteiger charge is -2.55. The minimum absolute atomic E-state index is 0.250. The molecular formula is C17H25NO. The molecule has 0 saturated carbocycles. The van der Waals surface area contributed by atoms with E-state index in [0.717, 1.165) is 12.3 Å². The number of benzene rings is 1. The zero-order chi connectivity index (χ0) is 13.6. The van der Waals surface area contributed by atoms with Crippen LogP contribution in [0.15, 0.2) is 18.2 Å². The van der Waals surface area contributed by atoms with Gasteiger partial charge in [-0.05, 0) is 67.4 Å². The Morgan fingerprint density at radius 3 is 2.95 bits per heavy atom. The van der Waals surface area contributed by atoms with E-state index < -0.39 is 0 Å². The normalized spacial score (nSPS) is 34.1. The summed E-state index contributed by atoms with van der Waals surface area (Å²) in [6, 6.07) is 6.69.